The minimum atomic E-state index is -4.63. The van der Waals surface area contributed by atoms with E-state index in [4.69, 9.17) is 4.74 Å². The summed E-state index contributed by atoms with van der Waals surface area (Å²) in [5.41, 5.74) is -0.698. The van der Waals surface area contributed by atoms with Gasteiger partial charge in [0.05, 0.1) is 38.9 Å². The van der Waals surface area contributed by atoms with Crippen molar-refractivity contribution in [3.63, 3.8) is 0 Å². The molecule has 0 radical (unpaired) electrons. The average Bonchev–Trinajstić information content (AvgIpc) is 3.45. The summed E-state index contributed by atoms with van der Waals surface area (Å²) in [5.74, 6) is -0.285. The molecule has 2 aromatic heterocycles. The van der Waals surface area contributed by atoms with Gasteiger partial charge < -0.3 is 4.74 Å². The molecule has 0 bridgehead atoms. The van der Waals surface area contributed by atoms with Gasteiger partial charge in [0.15, 0.2) is 0 Å². The Kier molecular flexibility index (Phi) is 6.30. The highest BCUT2D eigenvalue weighted by atomic mass is 32.1. The number of anilines is 1. The van der Waals surface area contributed by atoms with Gasteiger partial charge in [-0.25, -0.2) is 4.98 Å². The fourth-order valence-corrected chi connectivity index (χ4v) is 4.51. The average molecular weight is 506 g/mol. The lowest BCUT2D eigenvalue weighted by atomic mass is 10.1. The summed E-state index contributed by atoms with van der Waals surface area (Å²) in [5, 5.41) is 15.9. The van der Waals surface area contributed by atoms with E-state index in [2.05, 4.69) is 10.1 Å². The molecule has 0 aliphatic rings. The summed E-state index contributed by atoms with van der Waals surface area (Å²) in [6.07, 6.45) is -3.41. The van der Waals surface area contributed by atoms with Crippen molar-refractivity contribution in [2.24, 2.45) is 5.10 Å². The van der Waals surface area contributed by atoms with Gasteiger partial charge in [0.1, 0.15) is 5.75 Å². The summed E-state index contributed by atoms with van der Waals surface area (Å²) >= 11 is 1.92. The third-order valence-corrected chi connectivity index (χ3v) is 6.45. The topological polar surface area (TPSA) is 97.9 Å². The Hall–Kier alpha value is -3.84. The van der Waals surface area contributed by atoms with Crippen LogP contribution in [0.3, 0.4) is 0 Å². The number of amides is 1. The molecule has 4 aromatic rings. The SMILES string of the molecule is COc1ccc2nc(N(/N=C/c3ccc([N+](=O)[O-])s3)C(=O)c3cccc(C(F)(F)F)c3)sc2c1. The van der Waals surface area contributed by atoms with Gasteiger partial charge in [0.25, 0.3) is 5.91 Å². The van der Waals surface area contributed by atoms with Gasteiger partial charge in [-0.2, -0.15) is 23.3 Å². The van der Waals surface area contributed by atoms with E-state index in [-0.39, 0.29) is 15.7 Å². The molecular weight excluding hydrogens is 493 g/mol. The van der Waals surface area contributed by atoms with Crippen LogP contribution in [-0.4, -0.2) is 29.1 Å². The maximum atomic E-state index is 13.2. The molecule has 2 heterocycles. The zero-order valence-electron chi connectivity index (χ0n) is 17.1. The van der Waals surface area contributed by atoms with E-state index in [1.807, 2.05) is 0 Å². The molecule has 0 atom stereocenters. The van der Waals surface area contributed by atoms with Crippen molar-refractivity contribution >= 4 is 55.1 Å². The number of methoxy groups -OCH3 is 1. The Balaban J connectivity index is 1.77. The number of carbonyl (C=O) groups excluding carboxylic acids is 1. The Morgan fingerprint density at radius 3 is 2.65 bits per heavy atom. The highest BCUT2D eigenvalue weighted by Gasteiger charge is 2.32. The molecule has 1 amide bonds. The molecule has 0 aliphatic heterocycles. The number of ether oxygens (including phenoxy) is 1. The minimum absolute atomic E-state index is 0.105. The Labute approximate surface area is 197 Å². The van der Waals surface area contributed by atoms with Gasteiger partial charge in [-0.15, -0.1) is 0 Å². The molecule has 0 saturated carbocycles. The number of benzene rings is 2. The van der Waals surface area contributed by atoms with Crippen LogP contribution in [0, 0.1) is 10.1 Å². The quantitative estimate of drug-likeness (QED) is 0.182. The molecule has 0 unspecified atom stereocenters. The Morgan fingerprint density at radius 1 is 1.18 bits per heavy atom. The van der Waals surface area contributed by atoms with E-state index in [9.17, 15) is 28.1 Å². The third kappa shape index (κ3) is 4.89. The summed E-state index contributed by atoms with van der Waals surface area (Å²) < 4.78 is 45.4. The van der Waals surface area contributed by atoms with E-state index in [1.54, 1.807) is 18.2 Å². The second-order valence-electron chi connectivity index (χ2n) is 6.70. The molecular formula is C21H13F3N4O4S2. The fourth-order valence-electron chi connectivity index (χ4n) is 2.87. The first-order chi connectivity index (χ1) is 16.2. The van der Waals surface area contributed by atoms with Crippen molar-refractivity contribution in [3.05, 3.63) is 80.7 Å². The minimum Gasteiger partial charge on any atom is -0.497 e. The molecule has 174 valence electrons. The molecule has 0 fully saturated rings. The van der Waals surface area contributed by atoms with E-state index in [0.717, 1.165) is 45.9 Å². The molecule has 34 heavy (non-hydrogen) atoms. The smallest absolute Gasteiger partial charge is 0.416 e. The van der Waals surface area contributed by atoms with Crippen LogP contribution in [0.4, 0.5) is 23.3 Å². The second-order valence-corrected chi connectivity index (χ2v) is 8.81. The predicted molar refractivity (Wildman–Crippen MR) is 123 cm³/mol. The number of thiazole rings is 1. The number of halogens is 3. The molecule has 0 spiro atoms. The van der Waals surface area contributed by atoms with E-state index in [0.29, 0.717) is 20.8 Å². The van der Waals surface area contributed by atoms with Crippen LogP contribution in [0.5, 0.6) is 5.75 Å². The van der Waals surface area contributed by atoms with Crippen molar-refractivity contribution in [1.82, 2.24) is 4.98 Å². The fraction of sp³-hybridized carbons (Fsp3) is 0.0952. The van der Waals surface area contributed by atoms with E-state index >= 15 is 0 Å². The van der Waals surface area contributed by atoms with Crippen molar-refractivity contribution in [1.29, 1.82) is 0 Å². The number of hydrogen-bond donors (Lipinski definition) is 0. The molecule has 8 nitrogen and oxygen atoms in total. The maximum Gasteiger partial charge on any atom is 0.416 e. The monoisotopic (exact) mass is 506 g/mol. The lowest BCUT2D eigenvalue weighted by Crippen LogP contribution is -2.26. The molecule has 0 aliphatic carbocycles. The number of hydrogen-bond acceptors (Lipinski definition) is 8. The number of nitro groups is 1. The van der Waals surface area contributed by atoms with Crippen molar-refractivity contribution in [3.8, 4) is 5.75 Å². The van der Waals surface area contributed by atoms with E-state index in [1.165, 1.54) is 31.5 Å². The molecule has 13 heteroatoms. The maximum absolute atomic E-state index is 13.2. The number of hydrazone groups is 1. The second kappa shape index (κ2) is 9.19. The lowest BCUT2D eigenvalue weighted by molar-refractivity contribution is -0.380. The van der Waals surface area contributed by atoms with Gasteiger partial charge in [0, 0.05) is 11.6 Å². The first-order valence-electron chi connectivity index (χ1n) is 9.40. The Bertz CT molecular complexity index is 1410. The van der Waals surface area contributed by atoms with Crippen molar-refractivity contribution in [2.45, 2.75) is 6.18 Å². The number of alkyl halides is 3. The summed E-state index contributed by atoms with van der Waals surface area (Å²) in [7, 11) is 1.50. The molecule has 4 rings (SSSR count). The summed E-state index contributed by atoms with van der Waals surface area (Å²) in [6, 6.07) is 11.8. The number of aromatic nitrogens is 1. The highest BCUT2D eigenvalue weighted by molar-refractivity contribution is 7.22. The predicted octanol–water partition coefficient (Wildman–Crippen LogP) is 5.97. The van der Waals surface area contributed by atoms with Crippen LogP contribution in [0.15, 0.2) is 59.7 Å². The van der Waals surface area contributed by atoms with Gasteiger partial charge in [0.2, 0.25) is 5.13 Å². The van der Waals surface area contributed by atoms with E-state index < -0.39 is 22.6 Å². The zero-order chi connectivity index (χ0) is 24.5. The van der Waals surface area contributed by atoms with Crippen LogP contribution >= 0.6 is 22.7 Å². The van der Waals surface area contributed by atoms with Gasteiger partial charge >= 0.3 is 11.2 Å². The first-order valence-corrected chi connectivity index (χ1v) is 11.0. The van der Waals surface area contributed by atoms with Crippen molar-refractivity contribution < 1.29 is 27.6 Å². The van der Waals surface area contributed by atoms with Crippen LogP contribution < -0.4 is 9.75 Å². The zero-order valence-corrected chi connectivity index (χ0v) is 18.8. The normalized spacial score (nSPS) is 11.8. The number of fused-ring (bicyclic) bond motifs is 1. The van der Waals surface area contributed by atoms with Crippen LogP contribution in [0.25, 0.3) is 10.2 Å². The summed E-state index contributed by atoms with van der Waals surface area (Å²) in [6.45, 7) is 0. The van der Waals surface area contributed by atoms with Gasteiger partial charge in [-0.3, -0.25) is 14.9 Å². The highest BCUT2D eigenvalue weighted by Crippen LogP contribution is 2.34. The largest absolute Gasteiger partial charge is 0.497 e. The van der Waals surface area contributed by atoms with Crippen LogP contribution in [0.2, 0.25) is 0 Å². The third-order valence-electron chi connectivity index (χ3n) is 4.49. The van der Waals surface area contributed by atoms with Crippen LogP contribution in [-0.2, 0) is 6.18 Å². The number of thiophene rings is 1. The molecule has 0 N–H and O–H groups in total. The van der Waals surface area contributed by atoms with Crippen molar-refractivity contribution in [2.75, 3.05) is 12.1 Å². The number of nitrogens with zero attached hydrogens (tertiary/aromatic N) is 4. The lowest BCUT2D eigenvalue weighted by Gasteiger charge is -2.15. The van der Waals surface area contributed by atoms with Gasteiger partial charge in [-0.1, -0.05) is 28.7 Å². The number of carbonyl (C=O) groups is 1. The molecule has 2 aromatic carbocycles. The summed E-state index contributed by atoms with van der Waals surface area (Å²) in [4.78, 5) is 28.4. The van der Waals surface area contributed by atoms with Gasteiger partial charge in [-0.05, 0) is 42.5 Å². The number of rotatable bonds is 6. The standard InChI is InChI=1S/C21H13F3N4O4S2/c1-32-14-5-7-16-17(10-14)34-20(26-16)27(25-11-15-6-8-18(33-15)28(30)31)19(29)12-3-2-4-13(9-12)21(22,23)24/h2-11H,1H3/b25-11+. The Morgan fingerprint density at radius 2 is 1.97 bits per heavy atom. The first kappa shape index (κ1) is 23.3. The molecule has 0 saturated heterocycles. The van der Waals surface area contributed by atoms with Crippen LogP contribution in [0.1, 0.15) is 20.8 Å².